The number of halogens is 1. The molecule has 1 fully saturated rings. The van der Waals surface area contributed by atoms with Gasteiger partial charge in [-0.2, -0.15) is 0 Å². The molecule has 0 radical (unpaired) electrons. The van der Waals surface area contributed by atoms with Crippen LogP contribution in [0.1, 0.15) is 46.4 Å². The molecule has 0 aromatic heterocycles. The van der Waals surface area contributed by atoms with Gasteiger partial charge in [0.25, 0.3) is 11.8 Å². The molecular weight excluding hydrogens is 487 g/mol. The number of benzene rings is 1. The highest BCUT2D eigenvalue weighted by Gasteiger charge is 2.46. The Kier molecular flexibility index (Phi) is 5.65. The van der Waals surface area contributed by atoms with E-state index in [1.807, 2.05) is 0 Å². The lowest BCUT2D eigenvalue weighted by molar-refractivity contribution is -0.136. The first-order valence-electron chi connectivity index (χ1n) is 8.41. The molecule has 3 rings (SSSR count). The van der Waals surface area contributed by atoms with Crippen LogP contribution in [0.25, 0.3) is 0 Å². The first-order chi connectivity index (χ1) is 12.8. The normalized spacial score (nSPS) is 20.0. The number of unbranched alkanes of at least 4 members (excludes halogenated alkanes) is 1. The van der Waals surface area contributed by atoms with Crippen molar-refractivity contribution < 1.29 is 27.6 Å². The Morgan fingerprint density at radius 1 is 1.11 bits per heavy atom. The van der Waals surface area contributed by atoms with Crippen LogP contribution in [-0.2, 0) is 19.4 Å². The molecule has 2 aliphatic rings. The van der Waals surface area contributed by atoms with Crippen molar-refractivity contribution >= 4 is 56.1 Å². The van der Waals surface area contributed by atoms with E-state index in [0.717, 1.165) is 15.7 Å². The number of nitrogens with one attached hydrogen (secondary N) is 1. The number of fused-ring (bicyclic) bond motifs is 1. The van der Waals surface area contributed by atoms with E-state index in [4.69, 9.17) is 0 Å². The summed E-state index contributed by atoms with van der Waals surface area (Å²) in [7, 11) is -3.75. The third-order valence-electron chi connectivity index (χ3n) is 4.56. The Hall–Kier alpha value is -1.82. The summed E-state index contributed by atoms with van der Waals surface area (Å²) in [5, 5.41) is 2.11. The predicted molar refractivity (Wildman–Crippen MR) is 103 cm³/mol. The van der Waals surface area contributed by atoms with E-state index in [2.05, 4.69) is 27.9 Å². The topological polar surface area (TPSA) is 118 Å². The summed E-state index contributed by atoms with van der Waals surface area (Å²) in [5.74, 6) is -2.84. The van der Waals surface area contributed by atoms with E-state index in [-0.39, 0.29) is 34.6 Å². The molecule has 0 saturated carbocycles. The number of carbonyl (C=O) groups excluding carboxylic acids is 4. The van der Waals surface area contributed by atoms with Gasteiger partial charge < -0.3 is 0 Å². The lowest BCUT2D eigenvalue weighted by Gasteiger charge is -2.27. The van der Waals surface area contributed by atoms with Crippen LogP contribution < -0.4 is 5.32 Å². The zero-order chi connectivity index (χ0) is 19.8. The maximum Gasteiger partial charge on any atom is 0.263 e. The van der Waals surface area contributed by atoms with Crippen molar-refractivity contribution in [2.24, 2.45) is 0 Å². The highest BCUT2D eigenvalue weighted by Crippen LogP contribution is 2.32. The minimum Gasteiger partial charge on any atom is -0.295 e. The summed E-state index contributed by atoms with van der Waals surface area (Å²) in [4.78, 5) is 49.6. The van der Waals surface area contributed by atoms with Gasteiger partial charge in [-0.3, -0.25) is 29.4 Å². The lowest BCUT2D eigenvalue weighted by atomic mass is 10.0. The molecule has 8 nitrogen and oxygen atoms in total. The van der Waals surface area contributed by atoms with Crippen molar-refractivity contribution in [2.45, 2.75) is 36.6 Å². The molecule has 1 atom stereocenters. The molecule has 4 amide bonds. The van der Waals surface area contributed by atoms with Gasteiger partial charge in [0, 0.05) is 6.42 Å². The van der Waals surface area contributed by atoms with Crippen LogP contribution in [-0.4, -0.2) is 53.2 Å². The molecule has 1 aromatic rings. The molecule has 1 aromatic carbocycles. The second-order valence-electron chi connectivity index (χ2n) is 6.34. The molecule has 0 spiro atoms. The third kappa shape index (κ3) is 3.64. The average molecular weight is 504 g/mol. The van der Waals surface area contributed by atoms with Gasteiger partial charge in [-0.15, -0.1) is 0 Å². The lowest BCUT2D eigenvalue weighted by Crippen LogP contribution is -2.54. The van der Waals surface area contributed by atoms with Crippen molar-refractivity contribution in [1.29, 1.82) is 0 Å². The average Bonchev–Trinajstić information content (AvgIpc) is 2.87. The van der Waals surface area contributed by atoms with Crippen molar-refractivity contribution in [1.82, 2.24) is 10.2 Å². The molecule has 10 heteroatoms. The summed E-state index contributed by atoms with van der Waals surface area (Å²) < 4.78 is 26.2. The second kappa shape index (κ2) is 7.66. The number of imide groups is 2. The maximum atomic E-state index is 12.9. The molecular formula is C17H17IN2O6S. The predicted octanol–water partition coefficient (Wildman–Crippen LogP) is 1.08. The molecule has 2 heterocycles. The van der Waals surface area contributed by atoms with E-state index in [1.165, 1.54) is 18.2 Å². The fourth-order valence-electron chi connectivity index (χ4n) is 3.24. The van der Waals surface area contributed by atoms with Crippen molar-refractivity contribution in [3.05, 3.63) is 29.3 Å². The van der Waals surface area contributed by atoms with Gasteiger partial charge in [0.15, 0.2) is 9.84 Å². The Labute approximate surface area is 169 Å². The van der Waals surface area contributed by atoms with Crippen molar-refractivity contribution in [2.75, 3.05) is 10.2 Å². The molecule has 1 N–H and O–H groups in total. The number of alkyl halides is 1. The summed E-state index contributed by atoms with van der Waals surface area (Å²) >= 11 is 2.16. The fraction of sp³-hybridized carbons (Fsp3) is 0.412. The number of hydrogen-bond donors (Lipinski definition) is 1. The number of sulfone groups is 1. The van der Waals surface area contributed by atoms with E-state index >= 15 is 0 Å². The number of hydrogen-bond acceptors (Lipinski definition) is 6. The highest BCUT2D eigenvalue weighted by molar-refractivity contribution is 14.1. The van der Waals surface area contributed by atoms with Crippen LogP contribution in [0.3, 0.4) is 0 Å². The number of nitrogens with zero attached hydrogens (tertiary/aromatic N) is 1. The monoisotopic (exact) mass is 504 g/mol. The summed E-state index contributed by atoms with van der Waals surface area (Å²) in [6, 6.07) is 3.00. The van der Waals surface area contributed by atoms with Gasteiger partial charge in [0.2, 0.25) is 11.8 Å². The minimum atomic E-state index is -3.75. The minimum absolute atomic E-state index is 0.00523. The van der Waals surface area contributed by atoms with Crippen LogP contribution in [0.5, 0.6) is 0 Å². The Morgan fingerprint density at radius 2 is 1.85 bits per heavy atom. The van der Waals surface area contributed by atoms with Crippen molar-refractivity contribution in [3.63, 3.8) is 0 Å². The first kappa shape index (κ1) is 19.9. The maximum absolute atomic E-state index is 12.9. The van der Waals surface area contributed by atoms with E-state index < -0.39 is 39.5 Å². The third-order valence-corrected chi connectivity index (χ3v) is 7.16. The van der Waals surface area contributed by atoms with E-state index in [1.54, 1.807) is 0 Å². The van der Waals surface area contributed by atoms with Crippen LogP contribution >= 0.6 is 22.6 Å². The molecule has 1 saturated heterocycles. The number of amides is 4. The number of carbonyl (C=O) groups is 4. The SMILES string of the molecule is O=C1CCC(N2C(=O)c3cccc(S(=O)(=O)CCCCI)c3C2=O)C(=O)N1. The molecule has 1 unspecified atom stereocenters. The van der Waals surface area contributed by atoms with Crippen LogP contribution in [0.2, 0.25) is 0 Å². The van der Waals surface area contributed by atoms with Gasteiger partial charge in [-0.25, -0.2) is 8.42 Å². The summed E-state index contributed by atoms with van der Waals surface area (Å²) in [6.07, 6.45) is 1.21. The Morgan fingerprint density at radius 3 is 2.52 bits per heavy atom. The Bertz CT molecular complexity index is 943. The Balaban J connectivity index is 1.97. The summed E-state index contributed by atoms with van der Waals surface area (Å²) in [5.41, 5.74) is -0.207. The molecule has 144 valence electrons. The first-order valence-corrected chi connectivity index (χ1v) is 11.6. The quantitative estimate of drug-likeness (QED) is 0.268. The standard InChI is InChI=1S/C17H17IN2O6S/c18-8-1-2-9-27(25,26)12-5-3-4-10-14(12)17(24)20(16(10)23)11-6-7-13(21)19-15(11)22/h3-5,11H,1-2,6-9H2,(H,19,21,22). The van der Waals surface area contributed by atoms with Crippen LogP contribution in [0, 0.1) is 0 Å². The van der Waals surface area contributed by atoms with Crippen LogP contribution in [0.15, 0.2) is 23.1 Å². The van der Waals surface area contributed by atoms with Gasteiger partial charge in [-0.1, -0.05) is 28.7 Å². The van der Waals surface area contributed by atoms with Gasteiger partial charge >= 0.3 is 0 Å². The number of rotatable bonds is 6. The van der Waals surface area contributed by atoms with E-state index in [0.29, 0.717) is 6.42 Å². The fourth-order valence-corrected chi connectivity index (χ4v) is 5.38. The zero-order valence-corrected chi connectivity index (χ0v) is 17.2. The molecule has 27 heavy (non-hydrogen) atoms. The van der Waals surface area contributed by atoms with Gasteiger partial charge in [0.1, 0.15) is 6.04 Å². The van der Waals surface area contributed by atoms with Gasteiger partial charge in [-0.05, 0) is 35.8 Å². The molecule has 2 aliphatic heterocycles. The molecule has 0 aliphatic carbocycles. The second-order valence-corrected chi connectivity index (χ2v) is 9.50. The molecule has 0 bridgehead atoms. The van der Waals surface area contributed by atoms with Crippen molar-refractivity contribution in [3.8, 4) is 0 Å². The largest absolute Gasteiger partial charge is 0.295 e. The van der Waals surface area contributed by atoms with Gasteiger partial charge in [0.05, 0.1) is 21.8 Å². The van der Waals surface area contributed by atoms with Crippen LogP contribution in [0.4, 0.5) is 0 Å². The summed E-state index contributed by atoms with van der Waals surface area (Å²) in [6.45, 7) is 0. The zero-order valence-electron chi connectivity index (χ0n) is 14.2. The number of piperidine rings is 1. The highest BCUT2D eigenvalue weighted by atomic mass is 127. The van der Waals surface area contributed by atoms with E-state index in [9.17, 15) is 27.6 Å². The smallest absolute Gasteiger partial charge is 0.263 e.